The summed E-state index contributed by atoms with van der Waals surface area (Å²) in [5, 5.41) is 3.56. The molecule has 1 aliphatic heterocycles. The van der Waals surface area contributed by atoms with E-state index in [1.807, 2.05) is 0 Å². The molecule has 0 amide bonds. The van der Waals surface area contributed by atoms with Gasteiger partial charge < -0.3 is 5.32 Å². The SMILES string of the molecule is Cc1cc(NCC2CCSC2)cc(C)c1Br. The van der Waals surface area contributed by atoms with Crippen molar-refractivity contribution in [2.75, 3.05) is 23.4 Å². The van der Waals surface area contributed by atoms with Crippen LogP contribution in [0.3, 0.4) is 0 Å². The Hall–Kier alpha value is -0.150. The van der Waals surface area contributed by atoms with Crippen molar-refractivity contribution in [2.24, 2.45) is 5.92 Å². The van der Waals surface area contributed by atoms with Gasteiger partial charge in [-0.25, -0.2) is 0 Å². The average Bonchev–Trinajstić information content (AvgIpc) is 2.75. The zero-order chi connectivity index (χ0) is 11.5. The monoisotopic (exact) mass is 299 g/mol. The van der Waals surface area contributed by atoms with Gasteiger partial charge in [-0.2, -0.15) is 11.8 Å². The van der Waals surface area contributed by atoms with Gasteiger partial charge in [-0.15, -0.1) is 0 Å². The van der Waals surface area contributed by atoms with Gasteiger partial charge in [-0.1, -0.05) is 15.9 Å². The van der Waals surface area contributed by atoms with E-state index >= 15 is 0 Å². The molecule has 1 aromatic carbocycles. The van der Waals surface area contributed by atoms with Crippen LogP contribution in [0, 0.1) is 19.8 Å². The maximum atomic E-state index is 3.60. The number of benzene rings is 1. The normalized spacial score (nSPS) is 20.1. The molecule has 1 heterocycles. The summed E-state index contributed by atoms with van der Waals surface area (Å²) in [4.78, 5) is 0. The van der Waals surface area contributed by atoms with Gasteiger partial charge in [0.25, 0.3) is 0 Å². The lowest BCUT2D eigenvalue weighted by molar-refractivity contribution is 0.632. The summed E-state index contributed by atoms with van der Waals surface area (Å²) >= 11 is 5.68. The van der Waals surface area contributed by atoms with Crippen molar-refractivity contribution in [3.63, 3.8) is 0 Å². The minimum Gasteiger partial charge on any atom is -0.385 e. The van der Waals surface area contributed by atoms with Crippen LogP contribution in [0.1, 0.15) is 17.5 Å². The van der Waals surface area contributed by atoms with Gasteiger partial charge in [-0.3, -0.25) is 0 Å². The van der Waals surface area contributed by atoms with Crippen molar-refractivity contribution in [2.45, 2.75) is 20.3 Å². The molecule has 0 radical (unpaired) electrons. The molecule has 2 rings (SSSR count). The third-order valence-corrected chi connectivity index (χ3v) is 5.54. The number of aryl methyl sites for hydroxylation is 2. The van der Waals surface area contributed by atoms with Gasteiger partial charge in [0, 0.05) is 16.7 Å². The molecule has 1 aromatic rings. The van der Waals surface area contributed by atoms with Crippen LogP contribution in [0.4, 0.5) is 5.69 Å². The highest BCUT2D eigenvalue weighted by molar-refractivity contribution is 9.10. The molecule has 0 aromatic heterocycles. The van der Waals surface area contributed by atoms with Gasteiger partial charge in [0.1, 0.15) is 0 Å². The highest BCUT2D eigenvalue weighted by atomic mass is 79.9. The van der Waals surface area contributed by atoms with E-state index in [9.17, 15) is 0 Å². The van der Waals surface area contributed by atoms with Gasteiger partial charge >= 0.3 is 0 Å². The Labute approximate surface area is 111 Å². The average molecular weight is 300 g/mol. The molecule has 1 fully saturated rings. The van der Waals surface area contributed by atoms with Crippen molar-refractivity contribution in [3.05, 3.63) is 27.7 Å². The van der Waals surface area contributed by atoms with Crippen LogP contribution in [-0.4, -0.2) is 18.1 Å². The first kappa shape index (κ1) is 12.3. The summed E-state index contributed by atoms with van der Waals surface area (Å²) in [7, 11) is 0. The Morgan fingerprint density at radius 3 is 2.62 bits per heavy atom. The quantitative estimate of drug-likeness (QED) is 0.896. The zero-order valence-electron chi connectivity index (χ0n) is 9.85. The molecule has 0 aliphatic carbocycles. The predicted molar refractivity (Wildman–Crippen MR) is 77.5 cm³/mol. The molecule has 0 spiro atoms. The van der Waals surface area contributed by atoms with Crippen LogP contribution in [0.5, 0.6) is 0 Å². The molecule has 88 valence electrons. The fraction of sp³-hybridized carbons (Fsp3) is 0.538. The second-order valence-corrected chi connectivity index (χ2v) is 6.48. The van der Waals surface area contributed by atoms with E-state index in [4.69, 9.17) is 0 Å². The van der Waals surface area contributed by atoms with E-state index in [2.05, 4.69) is 59.0 Å². The molecule has 3 heteroatoms. The lowest BCUT2D eigenvalue weighted by atomic mass is 10.1. The lowest BCUT2D eigenvalue weighted by Gasteiger charge is -2.13. The fourth-order valence-electron chi connectivity index (χ4n) is 2.05. The van der Waals surface area contributed by atoms with E-state index in [0.717, 1.165) is 12.5 Å². The minimum absolute atomic E-state index is 0.856. The van der Waals surface area contributed by atoms with Crippen molar-refractivity contribution in [3.8, 4) is 0 Å². The van der Waals surface area contributed by atoms with Gasteiger partial charge in [-0.05, 0) is 61.0 Å². The first-order valence-electron chi connectivity index (χ1n) is 5.75. The summed E-state index contributed by atoms with van der Waals surface area (Å²) in [5.74, 6) is 3.51. The van der Waals surface area contributed by atoms with Crippen molar-refractivity contribution < 1.29 is 0 Å². The zero-order valence-corrected chi connectivity index (χ0v) is 12.2. The van der Waals surface area contributed by atoms with Crippen LogP contribution in [-0.2, 0) is 0 Å². The van der Waals surface area contributed by atoms with E-state index in [1.54, 1.807) is 0 Å². The predicted octanol–water partition coefficient (Wildman–Crippen LogP) is 4.23. The fourth-order valence-corrected chi connectivity index (χ4v) is 3.57. The number of anilines is 1. The summed E-state index contributed by atoms with van der Waals surface area (Å²) in [5.41, 5.74) is 3.88. The molecule has 16 heavy (non-hydrogen) atoms. The molecule has 1 saturated heterocycles. The molecule has 1 nitrogen and oxygen atoms in total. The maximum Gasteiger partial charge on any atom is 0.0346 e. The number of rotatable bonds is 3. The topological polar surface area (TPSA) is 12.0 Å². The van der Waals surface area contributed by atoms with Gasteiger partial charge in [0.2, 0.25) is 0 Å². The number of hydrogen-bond acceptors (Lipinski definition) is 2. The van der Waals surface area contributed by atoms with Crippen LogP contribution in [0.2, 0.25) is 0 Å². The highest BCUT2D eigenvalue weighted by Gasteiger charge is 2.15. The number of hydrogen-bond donors (Lipinski definition) is 1. The Morgan fingerprint density at radius 2 is 2.06 bits per heavy atom. The van der Waals surface area contributed by atoms with Gasteiger partial charge in [0.15, 0.2) is 0 Å². The minimum atomic E-state index is 0.856. The Morgan fingerprint density at radius 1 is 1.38 bits per heavy atom. The molecule has 1 unspecified atom stereocenters. The van der Waals surface area contributed by atoms with E-state index in [1.165, 1.54) is 39.2 Å². The number of thioether (sulfide) groups is 1. The first-order chi connectivity index (χ1) is 7.66. The number of nitrogens with one attached hydrogen (secondary N) is 1. The molecule has 0 bridgehead atoms. The molecular formula is C13H18BrNS. The lowest BCUT2D eigenvalue weighted by Crippen LogP contribution is -2.13. The van der Waals surface area contributed by atoms with Crippen molar-refractivity contribution in [1.82, 2.24) is 0 Å². The highest BCUT2D eigenvalue weighted by Crippen LogP contribution is 2.27. The third kappa shape index (κ3) is 2.95. The van der Waals surface area contributed by atoms with Crippen LogP contribution >= 0.6 is 27.7 Å². The van der Waals surface area contributed by atoms with Crippen LogP contribution < -0.4 is 5.32 Å². The number of halogens is 1. The molecule has 0 saturated carbocycles. The second kappa shape index (κ2) is 5.46. The summed E-state index contributed by atoms with van der Waals surface area (Å²) in [6, 6.07) is 4.44. The summed E-state index contributed by atoms with van der Waals surface area (Å²) < 4.78 is 1.23. The first-order valence-corrected chi connectivity index (χ1v) is 7.70. The Bertz CT molecular complexity index is 349. The maximum absolute atomic E-state index is 3.60. The molecular weight excluding hydrogens is 282 g/mol. The summed E-state index contributed by atoms with van der Waals surface area (Å²) in [6.45, 7) is 5.41. The van der Waals surface area contributed by atoms with Crippen molar-refractivity contribution in [1.29, 1.82) is 0 Å². The molecule has 1 aliphatic rings. The standard InChI is InChI=1S/C13H18BrNS/c1-9-5-12(6-10(2)13(9)14)15-7-11-3-4-16-8-11/h5-6,11,15H,3-4,7-8H2,1-2H3. The largest absolute Gasteiger partial charge is 0.385 e. The smallest absolute Gasteiger partial charge is 0.0346 e. The molecule has 1 atom stereocenters. The van der Waals surface area contributed by atoms with Crippen LogP contribution in [0.15, 0.2) is 16.6 Å². The molecule has 1 N–H and O–H groups in total. The third-order valence-electron chi connectivity index (χ3n) is 3.06. The van der Waals surface area contributed by atoms with Crippen molar-refractivity contribution >= 4 is 33.4 Å². The van der Waals surface area contributed by atoms with E-state index < -0.39 is 0 Å². The Balaban J connectivity index is 1.98. The Kier molecular flexibility index (Phi) is 4.20. The van der Waals surface area contributed by atoms with Crippen LogP contribution in [0.25, 0.3) is 0 Å². The van der Waals surface area contributed by atoms with E-state index in [-0.39, 0.29) is 0 Å². The van der Waals surface area contributed by atoms with Gasteiger partial charge in [0.05, 0.1) is 0 Å². The van der Waals surface area contributed by atoms with E-state index in [0.29, 0.717) is 0 Å². The summed E-state index contributed by atoms with van der Waals surface area (Å²) in [6.07, 6.45) is 1.37. The second-order valence-electron chi connectivity index (χ2n) is 4.53.